The van der Waals surface area contributed by atoms with Crippen LogP contribution in [0, 0.1) is 62.1 Å². The van der Waals surface area contributed by atoms with Crippen LogP contribution in [-0.4, -0.2) is 33.8 Å². The second-order valence-corrected chi connectivity index (χ2v) is 16.1. The first-order valence-electron chi connectivity index (χ1n) is 14.7. The molecule has 5 aliphatic carbocycles. The summed E-state index contributed by atoms with van der Waals surface area (Å²) < 4.78 is 0. The Kier molecular flexibility index (Phi) is 6.57. The SMILES string of the molecule is C=C(CSC(=N)N)[C@@H]1CC[C@]2(CO)CC[C@]3(C)[C@H](CCC4[C@@]5(C)CCC(O)C(C)(C)[C@@H]5CC[C@]43C)[C@@H]12. The molecule has 204 valence electrons. The largest absolute Gasteiger partial charge is 0.396 e. The van der Waals surface area contributed by atoms with Crippen molar-refractivity contribution in [3.8, 4) is 0 Å². The smallest absolute Gasteiger partial charge is 0.151 e. The lowest BCUT2D eigenvalue weighted by Crippen LogP contribution is -2.66. The summed E-state index contributed by atoms with van der Waals surface area (Å²) in [5.41, 5.74) is 7.82. The molecular formula is C31H52N2O2S. The summed E-state index contributed by atoms with van der Waals surface area (Å²) in [5, 5.41) is 29.6. The van der Waals surface area contributed by atoms with Crippen LogP contribution in [0.1, 0.15) is 98.8 Å². The van der Waals surface area contributed by atoms with Crippen molar-refractivity contribution in [3.05, 3.63) is 12.2 Å². The number of nitrogens with one attached hydrogen (secondary N) is 1. The number of hydrogen-bond donors (Lipinski definition) is 4. The number of amidine groups is 1. The van der Waals surface area contributed by atoms with E-state index in [1.807, 2.05) is 0 Å². The Hall–Kier alpha value is -0.520. The normalized spacial score (nSPS) is 51.4. The molecule has 0 aromatic carbocycles. The summed E-state index contributed by atoms with van der Waals surface area (Å²) in [4.78, 5) is 0. The first kappa shape index (κ1) is 27.1. The Labute approximate surface area is 224 Å². The van der Waals surface area contributed by atoms with Gasteiger partial charge in [-0.3, -0.25) is 5.41 Å². The Morgan fingerprint density at radius 3 is 2.31 bits per heavy atom. The lowest BCUT2D eigenvalue weighted by molar-refractivity contribution is -0.249. The number of hydrogen-bond acceptors (Lipinski definition) is 4. The molecule has 0 spiro atoms. The molecule has 0 amide bonds. The minimum atomic E-state index is -0.176. The Morgan fingerprint density at radius 1 is 0.917 bits per heavy atom. The molecule has 0 heterocycles. The molecule has 5 heteroatoms. The van der Waals surface area contributed by atoms with Gasteiger partial charge in [0.15, 0.2) is 5.17 Å². The minimum Gasteiger partial charge on any atom is -0.396 e. The summed E-state index contributed by atoms with van der Waals surface area (Å²) in [5.74, 6) is 3.58. The highest BCUT2D eigenvalue weighted by atomic mass is 32.2. The molecule has 0 bridgehead atoms. The zero-order chi connectivity index (χ0) is 26.3. The molecule has 0 radical (unpaired) electrons. The fourth-order valence-corrected chi connectivity index (χ4v) is 12.3. The van der Waals surface area contributed by atoms with E-state index in [-0.39, 0.29) is 27.5 Å². The monoisotopic (exact) mass is 516 g/mol. The number of rotatable bonds is 4. The van der Waals surface area contributed by atoms with Crippen molar-refractivity contribution in [1.29, 1.82) is 5.41 Å². The van der Waals surface area contributed by atoms with E-state index in [4.69, 9.17) is 11.1 Å². The van der Waals surface area contributed by atoms with E-state index in [0.29, 0.717) is 47.0 Å². The van der Waals surface area contributed by atoms with Gasteiger partial charge in [0.1, 0.15) is 0 Å². The van der Waals surface area contributed by atoms with Crippen LogP contribution in [0.25, 0.3) is 0 Å². The van der Waals surface area contributed by atoms with Gasteiger partial charge in [-0.2, -0.15) is 0 Å². The van der Waals surface area contributed by atoms with Crippen molar-refractivity contribution in [2.24, 2.45) is 62.4 Å². The standard InChI is InChI=1S/C31H52N2O2S/c1-19(17-36-26(32)33)20-9-14-31(18-34)16-15-29(5)21(25(20)31)7-8-23-28(4)12-11-24(35)27(2,3)22(28)10-13-30(23,29)6/h20-25,34-35H,1,7-18H2,2-6H3,(H3,32,33)/t20-,21+,22-,23?,24?,25+,28-,29+,30+,31+/m0/s1. The van der Waals surface area contributed by atoms with E-state index < -0.39 is 0 Å². The molecule has 5 fully saturated rings. The second kappa shape index (κ2) is 8.74. The lowest BCUT2D eigenvalue weighted by atomic mass is 9.32. The van der Waals surface area contributed by atoms with Gasteiger partial charge in [0.2, 0.25) is 0 Å². The molecule has 0 aliphatic heterocycles. The Morgan fingerprint density at radius 2 is 1.64 bits per heavy atom. The van der Waals surface area contributed by atoms with Crippen molar-refractivity contribution in [3.63, 3.8) is 0 Å². The van der Waals surface area contributed by atoms with Gasteiger partial charge in [0, 0.05) is 12.4 Å². The molecule has 2 unspecified atom stereocenters. The second-order valence-electron chi connectivity index (χ2n) is 15.0. The van der Waals surface area contributed by atoms with Gasteiger partial charge >= 0.3 is 0 Å². The summed E-state index contributed by atoms with van der Waals surface area (Å²) in [7, 11) is 0. The summed E-state index contributed by atoms with van der Waals surface area (Å²) in [6.45, 7) is 17.4. The van der Waals surface area contributed by atoms with Crippen LogP contribution >= 0.6 is 11.8 Å². The number of aliphatic hydroxyl groups excluding tert-OH is 2. The first-order valence-corrected chi connectivity index (χ1v) is 15.7. The zero-order valence-corrected chi connectivity index (χ0v) is 24.4. The molecule has 0 aromatic heterocycles. The third kappa shape index (κ3) is 3.50. The average molecular weight is 517 g/mol. The molecule has 5 saturated carbocycles. The molecular weight excluding hydrogens is 464 g/mol. The predicted molar refractivity (Wildman–Crippen MR) is 151 cm³/mol. The van der Waals surface area contributed by atoms with Crippen LogP contribution in [-0.2, 0) is 0 Å². The van der Waals surface area contributed by atoms with E-state index in [1.165, 1.54) is 49.4 Å². The molecule has 0 saturated heterocycles. The minimum absolute atomic E-state index is 0.00659. The summed E-state index contributed by atoms with van der Waals surface area (Å²) >= 11 is 1.41. The Bertz CT molecular complexity index is 920. The van der Waals surface area contributed by atoms with Gasteiger partial charge in [-0.1, -0.05) is 58.5 Å². The average Bonchev–Trinajstić information content (AvgIpc) is 3.21. The molecule has 0 aromatic rings. The van der Waals surface area contributed by atoms with Gasteiger partial charge in [0.05, 0.1) is 6.10 Å². The van der Waals surface area contributed by atoms with Gasteiger partial charge in [0.25, 0.3) is 0 Å². The van der Waals surface area contributed by atoms with E-state index in [0.717, 1.165) is 37.9 Å². The topological polar surface area (TPSA) is 90.3 Å². The first-order chi connectivity index (χ1) is 16.8. The van der Waals surface area contributed by atoms with E-state index in [9.17, 15) is 10.2 Å². The van der Waals surface area contributed by atoms with E-state index in [2.05, 4.69) is 41.2 Å². The van der Waals surface area contributed by atoms with Crippen LogP contribution in [0.15, 0.2) is 12.2 Å². The predicted octanol–water partition coefficient (Wildman–Crippen LogP) is 6.60. The third-order valence-electron chi connectivity index (χ3n) is 13.8. The van der Waals surface area contributed by atoms with Crippen LogP contribution in [0.4, 0.5) is 0 Å². The number of aliphatic hydroxyl groups is 2. The number of fused-ring (bicyclic) bond motifs is 7. The van der Waals surface area contributed by atoms with Crippen molar-refractivity contribution >= 4 is 16.9 Å². The number of thioether (sulfide) groups is 1. The van der Waals surface area contributed by atoms with Gasteiger partial charge in [-0.05, 0) is 121 Å². The molecule has 4 nitrogen and oxygen atoms in total. The zero-order valence-electron chi connectivity index (χ0n) is 23.5. The highest BCUT2D eigenvalue weighted by Gasteiger charge is 2.70. The van der Waals surface area contributed by atoms with Crippen LogP contribution < -0.4 is 5.73 Å². The van der Waals surface area contributed by atoms with Crippen LogP contribution in [0.3, 0.4) is 0 Å². The lowest BCUT2D eigenvalue weighted by Gasteiger charge is -2.73. The molecule has 5 N–H and O–H groups in total. The molecule has 10 atom stereocenters. The van der Waals surface area contributed by atoms with Crippen molar-refractivity contribution in [2.75, 3.05) is 12.4 Å². The van der Waals surface area contributed by atoms with Crippen LogP contribution in [0.5, 0.6) is 0 Å². The molecule has 36 heavy (non-hydrogen) atoms. The Balaban J connectivity index is 1.50. The fraction of sp³-hybridized carbons (Fsp3) is 0.903. The highest BCUT2D eigenvalue weighted by Crippen LogP contribution is 2.77. The maximum atomic E-state index is 11.0. The van der Waals surface area contributed by atoms with Crippen molar-refractivity contribution in [1.82, 2.24) is 0 Å². The van der Waals surface area contributed by atoms with Gasteiger partial charge in [-0.25, -0.2) is 0 Å². The molecule has 5 aliphatic rings. The summed E-state index contributed by atoms with van der Waals surface area (Å²) in [6, 6.07) is 0. The molecule has 5 rings (SSSR count). The fourth-order valence-electron chi connectivity index (χ4n) is 11.7. The maximum Gasteiger partial charge on any atom is 0.151 e. The quantitative estimate of drug-likeness (QED) is 0.192. The maximum absolute atomic E-state index is 11.0. The van der Waals surface area contributed by atoms with Crippen molar-refractivity contribution in [2.45, 2.75) is 105 Å². The third-order valence-corrected chi connectivity index (χ3v) is 14.7. The van der Waals surface area contributed by atoms with Crippen LogP contribution in [0.2, 0.25) is 0 Å². The summed E-state index contributed by atoms with van der Waals surface area (Å²) in [6.07, 6.45) is 11.6. The van der Waals surface area contributed by atoms with Crippen molar-refractivity contribution < 1.29 is 10.2 Å². The van der Waals surface area contributed by atoms with Gasteiger partial charge < -0.3 is 15.9 Å². The van der Waals surface area contributed by atoms with E-state index in [1.54, 1.807) is 0 Å². The van der Waals surface area contributed by atoms with E-state index >= 15 is 0 Å². The van der Waals surface area contributed by atoms with Gasteiger partial charge in [-0.15, -0.1) is 0 Å². The highest BCUT2D eigenvalue weighted by molar-refractivity contribution is 8.13. The number of nitrogens with two attached hydrogens (primary N) is 1.